The lowest BCUT2D eigenvalue weighted by Crippen LogP contribution is -2.37. The third-order valence-electron chi connectivity index (χ3n) is 5.35. The fourth-order valence-corrected chi connectivity index (χ4v) is 4.80. The molecule has 0 bridgehead atoms. The van der Waals surface area contributed by atoms with Crippen LogP contribution in [0.15, 0.2) is 41.8 Å². The van der Waals surface area contributed by atoms with Crippen molar-refractivity contribution in [2.45, 2.75) is 31.7 Å². The number of fused-ring (bicyclic) bond motifs is 1. The van der Waals surface area contributed by atoms with Gasteiger partial charge in [0.25, 0.3) is 0 Å². The molecule has 4 heteroatoms. The van der Waals surface area contributed by atoms with Crippen LogP contribution in [0.3, 0.4) is 0 Å². The second-order valence-electron chi connectivity index (χ2n) is 6.88. The minimum absolute atomic E-state index is 0.315. The van der Waals surface area contributed by atoms with Crippen LogP contribution in [-0.4, -0.2) is 41.9 Å². The van der Waals surface area contributed by atoms with Gasteiger partial charge in [0.1, 0.15) is 0 Å². The normalized spacial score (nSPS) is 21.0. The molecule has 2 aromatic rings. The molecule has 1 saturated heterocycles. The molecule has 0 spiro atoms. The number of amides is 1. The van der Waals surface area contributed by atoms with Gasteiger partial charge in [-0.1, -0.05) is 30.3 Å². The summed E-state index contributed by atoms with van der Waals surface area (Å²) in [6.07, 6.45) is 2.89. The molecule has 1 aromatic carbocycles. The van der Waals surface area contributed by atoms with Crippen LogP contribution < -0.4 is 0 Å². The van der Waals surface area contributed by atoms with E-state index in [-0.39, 0.29) is 0 Å². The fourth-order valence-electron chi connectivity index (χ4n) is 3.91. The number of hydrogen-bond acceptors (Lipinski definition) is 3. The molecule has 1 fully saturated rings. The van der Waals surface area contributed by atoms with E-state index in [9.17, 15) is 4.79 Å². The van der Waals surface area contributed by atoms with Gasteiger partial charge in [-0.2, -0.15) is 0 Å². The maximum Gasteiger partial charge on any atom is 0.224 e. The van der Waals surface area contributed by atoms with E-state index in [2.05, 4.69) is 46.7 Å². The number of thiophene rings is 1. The maximum absolute atomic E-state index is 12.5. The molecule has 1 amide bonds. The smallest absolute Gasteiger partial charge is 0.224 e. The molecule has 0 radical (unpaired) electrons. The van der Waals surface area contributed by atoms with E-state index in [4.69, 9.17) is 0 Å². The number of rotatable bonds is 4. The van der Waals surface area contributed by atoms with Gasteiger partial charge < -0.3 is 9.80 Å². The molecule has 0 unspecified atom stereocenters. The first-order chi connectivity index (χ1) is 11.8. The van der Waals surface area contributed by atoms with Gasteiger partial charge in [-0.15, -0.1) is 11.3 Å². The van der Waals surface area contributed by atoms with Crippen molar-refractivity contribution >= 4 is 17.2 Å². The zero-order valence-electron chi connectivity index (χ0n) is 14.0. The zero-order chi connectivity index (χ0) is 16.4. The lowest BCUT2D eigenvalue weighted by molar-refractivity contribution is -0.132. The van der Waals surface area contributed by atoms with Crippen LogP contribution in [0.5, 0.6) is 0 Å². The lowest BCUT2D eigenvalue weighted by atomic mass is 9.99. The molecular weight excluding hydrogens is 316 g/mol. The number of carbonyl (C=O) groups is 1. The molecule has 4 rings (SSSR count). The van der Waals surface area contributed by atoms with Gasteiger partial charge in [0.2, 0.25) is 5.91 Å². The standard InChI is InChI=1S/C20H24N2OS/c23-20(22-12-7-19-18(15-22)9-13-24-19)8-11-21-10-6-17(14-21)16-4-2-1-3-5-16/h1-5,9,13,17H,6-8,10-12,14-15H2/t17-/m0/s1. The molecule has 24 heavy (non-hydrogen) atoms. The number of likely N-dealkylation sites (tertiary alicyclic amines) is 1. The van der Waals surface area contributed by atoms with E-state index in [1.807, 2.05) is 16.2 Å². The van der Waals surface area contributed by atoms with E-state index in [1.165, 1.54) is 22.4 Å². The Morgan fingerprint density at radius 2 is 2.04 bits per heavy atom. The minimum Gasteiger partial charge on any atom is -0.338 e. The highest BCUT2D eigenvalue weighted by Crippen LogP contribution is 2.27. The van der Waals surface area contributed by atoms with Gasteiger partial charge in [0.05, 0.1) is 0 Å². The van der Waals surface area contributed by atoms with Gasteiger partial charge >= 0.3 is 0 Å². The summed E-state index contributed by atoms with van der Waals surface area (Å²) in [4.78, 5) is 18.5. The molecule has 3 nitrogen and oxygen atoms in total. The summed E-state index contributed by atoms with van der Waals surface area (Å²) >= 11 is 1.82. The predicted molar refractivity (Wildman–Crippen MR) is 98.3 cm³/mol. The van der Waals surface area contributed by atoms with Gasteiger partial charge in [-0.05, 0) is 47.9 Å². The molecule has 0 N–H and O–H groups in total. The Bertz CT molecular complexity index is 697. The van der Waals surface area contributed by atoms with Crippen molar-refractivity contribution in [3.05, 3.63) is 57.8 Å². The van der Waals surface area contributed by atoms with Gasteiger partial charge in [0, 0.05) is 37.5 Å². The van der Waals surface area contributed by atoms with Crippen LogP contribution in [0.2, 0.25) is 0 Å². The van der Waals surface area contributed by atoms with Crippen LogP contribution in [-0.2, 0) is 17.8 Å². The van der Waals surface area contributed by atoms with Crippen LogP contribution in [0.4, 0.5) is 0 Å². The van der Waals surface area contributed by atoms with E-state index < -0.39 is 0 Å². The van der Waals surface area contributed by atoms with Crippen LogP contribution in [0.25, 0.3) is 0 Å². The topological polar surface area (TPSA) is 23.6 Å². The molecule has 1 aromatic heterocycles. The second kappa shape index (κ2) is 7.08. The summed E-state index contributed by atoms with van der Waals surface area (Å²) in [5.41, 5.74) is 2.79. The molecule has 3 heterocycles. The predicted octanol–water partition coefficient (Wildman–Crippen LogP) is 3.51. The highest BCUT2D eigenvalue weighted by molar-refractivity contribution is 7.10. The quantitative estimate of drug-likeness (QED) is 0.850. The second-order valence-corrected chi connectivity index (χ2v) is 7.88. The fraction of sp³-hybridized carbons (Fsp3) is 0.450. The van der Waals surface area contributed by atoms with E-state index in [1.54, 1.807) is 0 Å². The molecule has 126 valence electrons. The highest BCUT2D eigenvalue weighted by atomic mass is 32.1. The monoisotopic (exact) mass is 340 g/mol. The van der Waals surface area contributed by atoms with Crippen LogP contribution >= 0.6 is 11.3 Å². The van der Waals surface area contributed by atoms with Gasteiger partial charge in [-0.3, -0.25) is 4.79 Å². The first-order valence-electron chi connectivity index (χ1n) is 8.90. The van der Waals surface area contributed by atoms with Crippen molar-refractivity contribution in [3.8, 4) is 0 Å². The van der Waals surface area contributed by atoms with Crippen molar-refractivity contribution < 1.29 is 4.79 Å². The van der Waals surface area contributed by atoms with Crippen LogP contribution in [0.1, 0.15) is 34.8 Å². The Balaban J connectivity index is 1.26. The Hall–Kier alpha value is -1.65. The summed E-state index contributed by atoms with van der Waals surface area (Å²) in [7, 11) is 0. The van der Waals surface area contributed by atoms with Crippen molar-refractivity contribution in [2.75, 3.05) is 26.2 Å². The number of hydrogen-bond donors (Lipinski definition) is 0. The molecular formula is C20H24N2OS. The average Bonchev–Trinajstić information content (AvgIpc) is 3.29. The summed E-state index contributed by atoms with van der Waals surface area (Å²) in [6, 6.07) is 12.9. The Kier molecular flexibility index (Phi) is 4.67. The SMILES string of the molecule is O=C(CCN1CC[C@H](c2ccccc2)C1)N1CCc2sccc2C1. The van der Waals surface area contributed by atoms with E-state index >= 15 is 0 Å². The molecule has 0 saturated carbocycles. The third kappa shape index (κ3) is 3.40. The Morgan fingerprint density at radius 3 is 2.92 bits per heavy atom. The first kappa shape index (κ1) is 15.9. The van der Waals surface area contributed by atoms with Gasteiger partial charge in [0.15, 0.2) is 0 Å². The Morgan fingerprint density at radius 1 is 1.17 bits per heavy atom. The molecule has 1 atom stereocenters. The summed E-state index contributed by atoms with van der Waals surface area (Å²) in [5.74, 6) is 0.944. The van der Waals surface area contributed by atoms with Crippen molar-refractivity contribution in [2.24, 2.45) is 0 Å². The van der Waals surface area contributed by atoms with Crippen molar-refractivity contribution in [3.63, 3.8) is 0 Å². The van der Waals surface area contributed by atoms with Crippen molar-refractivity contribution in [1.82, 2.24) is 9.80 Å². The number of carbonyl (C=O) groups excluding carboxylic acids is 1. The Labute approximate surface area is 147 Å². The first-order valence-corrected chi connectivity index (χ1v) is 9.78. The number of benzene rings is 1. The molecule has 0 aliphatic carbocycles. The minimum atomic E-state index is 0.315. The van der Waals surface area contributed by atoms with Gasteiger partial charge in [-0.25, -0.2) is 0 Å². The third-order valence-corrected chi connectivity index (χ3v) is 6.37. The summed E-state index contributed by atoms with van der Waals surface area (Å²) in [5, 5.41) is 2.15. The van der Waals surface area contributed by atoms with E-state index in [0.29, 0.717) is 18.2 Å². The molecule has 2 aliphatic heterocycles. The summed E-state index contributed by atoms with van der Waals surface area (Å²) in [6.45, 7) is 4.80. The average molecular weight is 340 g/mol. The largest absolute Gasteiger partial charge is 0.338 e. The van der Waals surface area contributed by atoms with E-state index in [0.717, 1.165) is 39.1 Å². The highest BCUT2D eigenvalue weighted by Gasteiger charge is 2.26. The van der Waals surface area contributed by atoms with Crippen molar-refractivity contribution in [1.29, 1.82) is 0 Å². The summed E-state index contributed by atoms with van der Waals surface area (Å²) < 4.78 is 0. The molecule has 2 aliphatic rings. The maximum atomic E-state index is 12.5. The number of nitrogens with zero attached hydrogens (tertiary/aromatic N) is 2. The van der Waals surface area contributed by atoms with Crippen LogP contribution in [0, 0.1) is 0 Å². The zero-order valence-corrected chi connectivity index (χ0v) is 14.8. The lowest BCUT2D eigenvalue weighted by Gasteiger charge is -2.28.